The van der Waals surface area contributed by atoms with Gasteiger partial charge in [0.05, 0.1) is 16.4 Å². The summed E-state index contributed by atoms with van der Waals surface area (Å²) in [5.74, 6) is 0.230. The second-order valence-corrected chi connectivity index (χ2v) is 8.81. The normalized spacial score (nSPS) is 11.5. The Morgan fingerprint density at radius 2 is 1.86 bits per heavy atom. The number of imidazole rings is 1. The molecule has 2 aromatic carbocycles. The molecule has 3 rings (SSSR count). The van der Waals surface area contributed by atoms with E-state index in [1.807, 2.05) is 29.7 Å². The summed E-state index contributed by atoms with van der Waals surface area (Å²) in [6.07, 6.45) is 0.641. The zero-order valence-corrected chi connectivity index (χ0v) is 17.7. The molecule has 1 aromatic heterocycles. The molecule has 0 aliphatic rings. The predicted molar refractivity (Wildman–Crippen MR) is 112 cm³/mol. The van der Waals surface area contributed by atoms with Crippen molar-refractivity contribution >= 4 is 23.2 Å². The molecule has 0 unspecified atom stereocenters. The van der Waals surface area contributed by atoms with Crippen LogP contribution in [0.15, 0.2) is 36.4 Å². The van der Waals surface area contributed by atoms with Crippen LogP contribution in [-0.4, -0.2) is 9.55 Å². The van der Waals surface area contributed by atoms with Crippen molar-refractivity contribution < 1.29 is 4.39 Å². The minimum absolute atomic E-state index is 0.00525. The van der Waals surface area contributed by atoms with Crippen LogP contribution >= 0.6 is 23.2 Å². The van der Waals surface area contributed by atoms with E-state index in [4.69, 9.17) is 23.2 Å². The van der Waals surface area contributed by atoms with Crippen molar-refractivity contribution in [3.8, 4) is 23.0 Å². The van der Waals surface area contributed by atoms with Crippen LogP contribution in [0.3, 0.4) is 0 Å². The molecule has 0 bridgehead atoms. The van der Waals surface area contributed by atoms with E-state index in [1.165, 1.54) is 12.1 Å². The number of halogens is 3. The van der Waals surface area contributed by atoms with E-state index < -0.39 is 5.82 Å². The Morgan fingerprint density at radius 1 is 1.14 bits per heavy atom. The van der Waals surface area contributed by atoms with Crippen LogP contribution in [0.4, 0.5) is 4.39 Å². The summed E-state index contributed by atoms with van der Waals surface area (Å²) in [6, 6.07) is 12.2. The molecule has 28 heavy (non-hydrogen) atoms. The van der Waals surface area contributed by atoms with Crippen molar-refractivity contribution in [1.82, 2.24) is 9.55 Å². The van der Waals surface area contributed by atoms with Crippen molar-refractivity contribution in [1.29, 1.82) is 5.26 Å². The summed E-state index contributed by atoms with van der Waals surface area (Å²) in [5, 5.41) is 10.3. The van der Waals surface area contributed by atoms with E-state index in [0.29, 0.717) is 22.7 Å². The van der Waals surface area contributed by atoms with Gasteiger partial charge in [-0.15, -0.1) is 0 Å². The van der Waals surface area contributed by atoms with Gasteiger partial charge in [0.1, 0.15) is 17.7 Å². The SMILES string of the molecule is Cc1ccc(Cl)cc1-n1c(CC(C)(C)C)nc(C#N)c1-c1ccc(F)c(Cl)c1. The van der Waals surface area contributed by atoms with Gasteiger partial charge >= 0.3 is 0 Å². The molecule has 0 N–H and O–H groups in total. The monoisotopic (exact) mass is 415 g/mol. The summed E-state index contributed by atoms with van der Waals surface area (Å²) >= 11 is 12.3. The molecule has 6 heteroatoms. The molecular weight excluding hydrogens is 396 g/mol. The quantitative estimate of drug-likeness (QED) is 0.474. The van der Waals surface area contributed by atoms with Gasteiger partial charge in [0.15, 0.2) is 5.69 Å². The van der Waals surface area contributed by atoms with Crippen molar-refractivity contribution in [3.05, 3.63) is 69.3 Å². The molecule has 0 radical (unpaired) electrons. The fraction of sp³-hybridized carbons (Fsp3) is 0.273. The second-order valence-electron chi connectivity index (χ2n) is 7.97. The molecule has 0 amide bonds. The van der Waals surface area contributed by atoms with Gasteiger partial charge in [-0.3, -0.25) is 4.57 Å². The highest BCUT2D eigenvalue weighted by molar-refractivity contribution is 6.31. The van der Waals surface area contributed by atoms with Gasteiger partial charge in [-0.05, 0) is 48.2 Å². The second kappa shape index (κ2) is 7.58. The average Bonchev–Trinajstić information content (AvgIpc) is 2.95. The highest BCUT2D eigenvalue weighted by Gasteiger charge is 2.25. The number of rotatable bonds is 3. The number of aromatic nitrogens is 2. The molecule has 3 nitrogen and oxygen atoms in total. The number of aryl methyl sites for hydroxylation is 1. The zero-order chi connectivity index (χ0) is 20.6. The smallest absolute Gasteiger partial charge is 0.167 e. The summed E-state index contributed by atoms with van der Waals surface area (Å²) < 4.78 is 15.7. The first-order valence-corrected chi connectivity index (χ1v) is 9.60. The highest BCUT2D eigenvalue weighted by Crippen LogP contribution is 2.35. The zero-order valence-electron chi connectivity index (χ0n) is 16.1. The maximum absolute atomic E-state index is 13.7. The first-order valence-electron chi connectivity index (χ1n) is 8.84. The average molecular weight is 416 g/mol. The number of hydrogen-bond donors (Lipinski definition) is 0. The lowest BCUT2D eigenvalue weighted by molar-refractivity contribution is 0.398. The van der Waals surface area contributed by atoms with Crippen LogP contribution in [0.1, 0.15) is 37.9 Å². The van der Waals surface area contributed by atoms with Crippen molar-refractivity contribution in [2.75, 3.05) is 0 Å². The molecule has 0 fully saturated rings. The van der Waals surface area contributed by atoms with E-state index in [9.17, 15) is 9.65 Å². The number of benzene rings is 2. The van der Waals surface area contributed by atoms with Gasteiger partial charge in [0.25, 0.3) is 0 Å². The molecule has 0 atom stereocenters. The van der Waals surface area contributed by atoms with Gasteiger partial charge < -0.3 is 0 Å². The lowest BCUT2D eigenvalue weighted by Gasteiger charge is -2.21. The van der Waals surface area contributed by atoms with Crippen molar-refractivity contribution in [3.63, 3.8) is 0 Å². The van der Waals surface area contributed by atoms with Crippen LogP contribution < -0.4 is 0 Å². The van der Waals surface area contributed by atoms with Crippen LogP contribution in [0.25, 0.3) is 16.9 Å². The Balaban J connectivity index is 2.39. The molecule has 0 aliphatic carbocycles. The van der Waals surface area contributed by atoms with Gasteiger partial charge in [0.2, 0.25) is 0 Å². The third-order valence-corrected chi connectivity index (χ3v) is 4.87. The van der Waals surface area contributed by atoms with E-state index in [0.717, 1.165) is 17.1 Å². The fourth-order valence-corrected chi connectivity index (χ4v) is 3.48. The van der Waals surface area contributed by atoms with E-state index in [2.05, 4.69) is 31.8 Å². The van der Waals surface area contributed by atoms with E-state index in [-0.39, 0.29) is 16.1 Å². The molecular formula is C22H20Cl2FN3. The number of nitrogens with zero attached hydrogens (tertiary/aromatic N) is 3. The molecule has 0 aliphatic heterocycles. The topological polar surface area (TPSA) is 41.6 Å². The third-order valence-electron chi connectivity index (χ3n) is 4.35. The van der Waals surface area contributed by atoms with E-state index in [1.54, 1.807) is 6.07 Å². The first-order chi connectivity index (χ1) is 13.1. The highest BCUT2D eigenvalue weighted by atomic mass is 35.5. The maximum atomic E-state index is 13.7. The van der Waals surface area contributed by atoms with Gasteiger partial charge in [-0.1, -0.05) is 50.0 Å². The fourth-order valence-electron chi connectivity index (χ4n) is 3.13. The molecule has 0 saturated heterocycles. The largest absolute Gasteiger partial charge is 0.295 e. The van der Waals surface area contributed by atoms with E-state index >= 15 is 0 Å². The molecule has 0 spiro atoms. The Kier molecular flexibility index (Phi) is 5.52. The molecule has 3 aromatic rings. The third kappa shape index (κ3) is 4.06. The summed E-state index contributed by atoms with van der Waals surface area (Å²) in [4.78, 5) is 4.61. The first kappa shape index (κ1) is 20.4. The Hall–Kier alpha value is -2.35. The minimum Gasteiger partial charge on any atom is -0.295 e. The summed E-state index contributed by atoms with van der Waals surface area (Å²) in [5.41, 5.74) is 3.22. The Morgan fingerprint density at radius 3 is 2.46 bits per heavy atom. The van der Waals surface area contributed by atoms with Crippen LogP contribution in [0.5, 0.6) is 0 Å². The van der Waals surface area contributed by atoms with Gasteiger partial charge in [0, 0.05) is 17.0 Å². The summed E-state index contributed by atoms with van der Waals surface area (Å²) in [6.45, 7) is 8.30. The van der Waals surface area contributed by atoms with Crippen LogP contribution in [0.2, 0.25) is 10.0 Å². The molecule has 0 saturated carbocycles. The van der Waals surface area contributed by atoms with Crippen LogP contribution in [-0.2, 0) is 6.42 Å². The molecule has 1 heterocycles. The standard InChI is InChI=1S/C22H20Cl2FN3/c1-13-5-7-15(23)10-19(13)28-20(11-22(2,3)4)27-18(12-26)21(28)14-6-8-17(25)16(24)9-14/h5-10H,11H2,1-4H3. The minimum atomic E-state index is -0.510. The van der Waals surface area contributed by atoms with Crippen molar-refractivity contribution in [2.24, 2.45) is 5.41 Å². The Bertz CT molecular complexity index is 1090. The lowest BCUT2D eigenvalue weighted by Crippen LogP contribution is -2.14. The number of nitriles is 1. The predicted octanol–water partition coefficient (Wildman–Crippen LogP) is 6.75. The summed E-state index contributed by atoms with van der Waals surface area (Å²) in [7, 11) is 0. The lowest BCUT2D eigenvalue weighted by atomic mass is 9.92. The van der Waals surface area contributed by atoms with Crippen molar-refractivity contribution in [2.45, 2.75) is 34.1 Å². The molecule has 144 valence electrons. The van der Waals surface area contributed by atoms with Gasteiger partial charge in [-0.2, -0.15) is 5.26 Å². The number of hydrogen-bond acceptors (Lipinski definition) is 2. The Labute approximate surface area is 174 Å². The van der Waals surface area contributed by atoms with Crippen LogP contribution in [0, 0.1) is 29.5 Å². The maximum Gasteiger partial charge on any atom is 0.167 e. The van der Waals surface area contributed by atoms with Gasteiger partial charge in [-0.25, -0.2) is 9.37 Å².